The lowest BCUT2D eigenvalue weighted by Crippen LogP contribution is -2.68. The highest BCUT2D eigenvalue weighted by molar-refractivity contribution is 5.18. The van der Waals surface area contributed by atoms with E-state index in [-0.39, 0.29) is 0 Å². The van der Waals surface area contributed by atoms with E-state index in [0.29, 0.717) is 11.0 Å². The van der Waals surface area contributed by atoms with Gasteiger partial charge in [0.15, 0.2) is 0 Å². The Balaban J connectivity index is 1.58. The number of nitrogens with one attached hydrogen (secondary N) is 1. The van der Waals surface area contributed by atoms with Crippen LogP contribution < -0.4 is 5.32 Å². The molecule has 1 nitrogen and oxygen atoms in total. The lowest BCUT2D eigenvalue weighted by atomic mass is 9.43. The molecule has 0 amide bonds. The highest BCUT2D eigenvalue weighted by Crippen LogP contribution is 2.63. The van der Waals surface area contributed by atoms with E-state index in [4.69, 9.17) is 0 Å². The van der Waals surface area contributed by atoms with Crippen LogP contribution in [0.2, 0.25) is 0 Å². The molecule has 2 unspecified atom stereocenters. The standard InChI is InChI=1S/C19H27N/c1-18(2)17-9-15-8-16(10-17)12-19(18,11-15)20-13-14-6-4-3-5-7-14/h3-7,15-17,20H,8-13H2,1-2H3/t15-,16+,17?,19?. The first-order valence-electron chi connectivity index (χ1n) is 8.38. The van der Waals surface area contributed by atoms with Gasteiger partial charge in [0.1, 0.15) is 0 Å². The van der Waals surface area contributed by atoms with Crippen LogP contribution in [0.15, 0.2) is 30.3 Å². The van der Waals surface area contributed by atoms with Crippen LogP contribution in [0.1, 0.15) is 51.5 Å². The molecular weight excluding hydrogens is 242 g/mol. The highest BCUT2D eigenvalue weighted by Gasteiger charge is 2.60. The fourth-order valence-corrected chi connectivity index (χ4v) is 5.71. The Labute approximate surface area is 123 Å². The van der Waals surface area contributed by atoms with Crippen LogP contribution in [0, 0.1) is 23.2 Å². The highest BCUT2D eigenvalue weighted by atomic mass is 15.0. The van der Waals surface area contributed by atoms with Gasteiger partial charge in [-0.2, -0.15) is 0 Å². The van der Waals surface area contributed by atoms with Gasteiger partial charge in [-0.3, -0.25) is 0 Å². The maximum Gasteiger partial charge on any atom is 0.0243 e. The second-order valence-corrected chi connectivity index (χ2v) is 8.19. The van der Waals surface area contributed by atoms with Crippen LogP contribution in [0.25, 0.3) is 0 Å². The Kier molecular flexibility index (Phi) is 2.79. The summed E-state index contributed by atoms with van der Waals surface area (Å²) in [5, 5.41) is 4.03. The van der Waals surface area contributed by atoms with Gasteiger partial charge >= 0.3 is 0 Å². The summed E-state index contributed by atoms with van der Waals surface area (Å²) < 4.78 is 0. The summed E-state index contributed by atoms with van der Waals surface area (Å²) in [5.74, 6) is 2.96. The number of benzene rings is 1. The first kappa shape index (κ1) is 12.9. The van der Waals surface area contributed by atoms with Crippen LogP contribution in [0.5, 0.6) is 0 Å². The van der Waals surface area contributed by atoms with Gasteiger partial charge in [0.2, 0.25) is 0 Å². The van der Waals surface area contributed by atoms with Crippen molar-refractivity contribution < 1.29 is 0 Å². The van der Waals surface area contributed by atoms with Crippen LogP contribution in [0.3, 0.4) is 0 Å². The summed E-state index contributed by atoms with van der Waals surface area (Å²) in [5.41, 5.74) is 2.30. The summed E-state index contributed by atoms with van der Waals surface area (Å²) in [6.45, 7) is 6.11. The van der Waals surface area contributed by atoms with Crippen molar-refractivity contribution >= 4 is 0 Å². The molecule has 4 saturated carbocycles. The third kappa shape index (κ3) is 1.79. The van der Waals surface area contributed by atoms with Crippen LogP contribution in [-0.2, 0) is 6.54 Å². The minimum Gasteiger partial charge on any atom is -0.307 e. The molecule has 4 bridgehead atoms. The largest absolute Gasteiger partial charge is 0.307 e. The van der Waals surface area contributed by atoms with Gasteiger partial charge in [0.05, 0.1) is 0 Å². The third-order valence-electron chi connectivity index (χ3n) is 6.90. The minimum atomic E-state index is 0.400. The number of hydrogen-bond acceptors (Lipinski definition) is 1. The molecule has 1 aromatic rings. The molecule has 1 heteroatoms. The fourth-order valence-electron chi connectivity index (χ4n) is 5.71. The van der Waals surface area contributed by atoms with Gasteiger partial charge in [0, 0.05) is 12.1 Å². The van der Waals surface area contributed by atoms with Gasteiger partial charge in [-0.05, 0) is 60.8 Å². The van der Waals surface area contributed by atoms with E-state index in [1.165, 1.54) is 37.7 Å². The van der Waals surface area contributed by atoms with Crippen molar-refractivity contribution in [3.05, 3.63) is 35.9 Å². The first-order valence-corrected chi connectivity index (χ1v) is 8.38. The summed E-state index contributed by atoms with van der Waals surface area (Å²) >= 11 is 0. The monoisotopic (exact) mass is 269 g/mol. The molecule has 4 aliphatic carbocycles. The summed E-state index contributed by atoms with van der Waals surface area (Å²) in [4.78, 5) is 0. The van der Waals surface area contributed by atoms with Crippen molar-refractivity contribution in [1.29, 1.82) is 0 Å². The van der Waals surface area contributed by atoms with E-state index in [1.54, 1.807) is 0 Å². The van der Waals surface area contributed by atoms with Gasteiger partial charge in [0.25, 0.3) is 0 Å². The number of hydrogen-bond donors (Lipinski definition) is 1. The van der Waals surface area contributed by atoms with Crippen molar-refractivity contribution in [2.45, 2.75) is 58.0 Å². The minimum absolute atomic E-state index is 0.400. The second kappa shape index (κ2) is 4.34. The molecule has 0 heterocycles. The topological polar surface area (TPSA) is 12.0 Å². The van der Waals surface area contributed by atoms with Crippen molar-refractivity contribution in [3.63, 3.8) is 0 Å². The van der Waals surface area contributed by atoms with Crippen molar-refractivity contribution in [2.24, 2.45) is 23.2 Å². The second-order valence-electron chi connectivity index (χ2n) is 8.19. The van der Waals surface area contributed by atoms with Crippen molar-refractivity contribution in [1.82, 2.24) is 5.32 Å². The average molecular weight is 269 g/mol. The van der Waals surface area contributed by atoms with Gasteiger partial charge < -0.3 is 5.32 Å². The zero-order valence-corrected chi connectivity index (χ0v) is 12.9. The maximum absolute atomic E-state index is 4.03. The molecule has 4 fully saturated rings. The molecule has 108 valence electrons. The fraction of sp³-hybridized carbons (Fsp3) is 0.684. The molecule has 0 spiro atoms. The molecule has 0 aliphatic heterocycles. The summed E-state index contributed by atoms with van der Waals surface area (Å²) in [7, 11) is 0. The van der Waals surface area contributed by atoms with E-state index >= 15 is 0 Å². The van der Waals surface area contributed by atoms with Gasteiger partial charge in [-0.1, -0.05) is 44.2 Å². The number of rotatable bonds is 3. The maximum atomic E-state index is 4.03. The molecule has 0 aromatic heterocycles. The van der Waals surface area contributed by atoms with Gasteiger partial charge in [-0.25, -0.2) is 0 Å². The molecule has 20 heavy (non-hydrogen) atoms. The predicted molar refractivity (Wildman–Crippen MR) is 83.3 cm³/mol. The normalized spacial score (nSPS) is 41.0. The molecule has 1 aromatic carbocycles. The Morgan fingerprint density at radius 2 is 1.65 bits per heavy atom. The Bertz CT molecular complexity index is 476. The summed E-state index contributed by atoms with van der Waals surface area (Å²) in [6, 6.07) is 10.9. The molecule has 0 saturated heterocycles. The van der Waals surface area contributed by atoms with E-state index in [1.807, 2.05) is 0 Å². The van der Waals surface area contributed by atoms with Gasteiger partial charge in [-0.15, -0.1) is 0 Å². The molecule has 1 N–H and O–H groups in total. The van der Waals surface area contributed by atoms with E-state index < -0.39 is 0 Å². The molecule has 0 radical (unpaired) electrons. The van der Waals surface area contributed by atoms with E-state index in [2.05, 4.69) is 49.5 Å². The summed E-state index contributed by atoms with van der Waals surface area (Å²) in [6.07, 6.45) is 7.34. The Morgan fingerprint density at radius 1 is 1.00 bits per heavy atom. The SMILES string of the molecule is CC1(C)C2C[C@@H]3C[C@H](C2)CC1(NCc1ccccc1)C3. The van der Waals surface area contributed by atoms with Crippen molar-refractivity contribution in [2.75, 3.05) is 0 Å². The van der Waals surface area contributed by atoms with Crippen LogP contribution in [-0.4, -0.2) is 5.54 Å². The third-order valence-corrected chi connectivity index (χ3v) is 6.90. The van der Waals surface area contributed by atoms with E-state index in [9.17, 15) is 0 Å². The first-order chi connectivity index (χ1) is 9.59. The lowest BCUT2D eigenvalue weighted by Gasteiger charge is -2.66. The Hall–Kier alpha value is -0.820. The molecule has 4 aliphatic rings. The van der Waals surface area contributed by atoms with Crippen molar-refractivity contribution in [3.8, 4) is 0 Å². The molecule has 5 rings (SSSR count). The van der Waals surface area contributed by atoms with Crippen LogP contribution >= 0.6 is 0 Å². The molecule has 4 atom stereocenters. The van der Waals surface area contributed by atoms with Crippen LogP contribution in [0.4, 0.5) is 0 Å². The van der Waals surface area contributed by atoms with E-state index in [0.717, 1.165) is 24.3 Å². The zero-order valence-electron chi connectivity index (χ0n) is 12.9. The average Bonchev–Trinajstić information content (AvgIpc) is 2.43. The smallest absolute Gasteiger partial charge is 0.0243 e. The molecular formula is C19H27N. The quantitative estimate of drug-likeness (QED) is 0.858. The lowest BCUT2D eigenvalue weighted by molar-refractivity contribution is -0.124. The predicted octanol–water partition coefficient (Wildman–Crippen LogP) is 4.38. The zero-order chi connectivity index (χ0) is 13.8. The Morgan fingerprint density at radius 3 is 2.30 bits per heavy atom.